The molecular formula is C10H16NO2S. The highest BCUT2D eigenvalue weighted by molar-refractivity contribution is 7.90. The molecule has 1 N–H and O–H groups in total. The molecule has 4 heteroatoms. The van der Waals surface area contributed by atoms with E-state index in [1.165, 1.54) is 19.3 Å². The van der Waals surface area contributed by atoms with Crippen molar-refractivity contribution in [3.05, 3.63) is 0 Å². The Kier molecular flexibility index (Phi) is 1.65. The predicted molar refractivity (Wildman–Crippen MR) is 52.9 cm³/mol. The van der Waals surface area contributed by atoms with Crippen molar-refractivity contribution >= 4 is 10.0 Å². The molecule has 4 saturated carbocycles. The molecule has 14 heavy (non-hydrogen) atoms. The van der Waals surface area contributed by atoms with Crippen molar-refractivity contribution in [2.45, 2.75) is 43.3 Å². The van der Waals surface area contributed by atoms with E-state index in [0.29, 0.717) is 17.8 Å². The maximum Gasteiger partial charge on any atom is 0.230 e. The Morgan fingerprint density at radius 3 is 1.57 bits per heavy atom. The molecule has 0 unspecified atom stereocenters. The summed E-state index contributed by atoms with van der Waals surface area (Å²) >= 11 is 0. The molecule has 0 aromatic rings. The number of rotatable bonds is 1. The average molecular weight is 214 g/mol. The Balaban J connectivity index is 2.03. The summed E-state index contributed by atoms with van der Waals surface area (Å²) in [7, 11) is -3.57. The summed E-state index contributed by atoms with van der Waals surface area (Å²) in [6, 6.07) is 0. The van der Waals surface area contributed by atoms with Gasteiger partial charge in [0.2, 0.25) is 10.0 Å². The number of nitrogens with one attached hydrogen (secondary N) is 1. The first kappa shape index (κ1) is 9.16. The lowest BCUT2D eigenvalue weighted by molar-refractivity contribution is 0.0338. The van der Waals surface area contributed by atoms with Crippen molar-refractivity contribution in [3.8, 4) is 0 Å². The maximum atomic E-state index is 11.6. The number of hydrogen-bond acceptors (Lipinski definition) is 2. The highest BCUT2D eigenvalue weighted by atomic mass is 32.2. The lowest BCUT2D eigenvalue weighted by atomic mass is 9.56. The number of sulfonamides is 1. The van der Waals surface area contributed by atoms with Gasteiger partial charge in [-0.15, -0.1) is 5.14 Å². The molecule has 0 amide bonds. The quantitative estimate of drug-likeness (QED) is 0.665. The van der Waals surface area contributed by atoms with E-state index in [2.05, 4.69) is 0 Å². The van der Waals surface area contributed by atoms with Crippen molar-refractivity contribution < 1.29 is 8.42 Å². The molecule has 4 bridgehead atoms. The summed E-state index contributed by atoms with van der Waals surface area (Å²) in [6.07, 6.45) is 6.04. The molecule has 4 aliphatic carbocycles. The zero-order valence-corrected chi connectivity index (χ0v) is 9.02. The summed E-state index contributed by atoms with van der Waals surface area (Å²) in [5.41, 5.74) is 0. The molecule has 0 heterocycles. The summed E-state index contributed by atoms with van der Waals surface area (Å²) in [5.74, 6) is 1.84. The molecule has 1 radical (unpaired) electrons. The van der Waals surface area contributed by atoms with Gasteiger partial charge in [0.25, 0.3) is 0 Å². The van der Waals surface area contributed by atoms with E-state index in [9.17, 15) is 8.42 Å². The largest absolute Gasteiger partial charge is 0.230 e. The minimum Gasteiger partial charge on any atom is -0.211 e. The van der Waals surface area contributed by atoms with Crippen molar-refractivity contribution in [2.24, 2.45) is 17.8 Å². The smallest absolute Gasteiger partial charge is 0.211 e. The summed E-state index contributed by atoms with van der Waals surface area (Å²) < 4.78 is 22.5. The monoisotopic (exact) mass is 214 g/mol. The van der Waals surface area contributed by atoms with Crippen molar-refractivity contribution in [1.29, 1.82) is 0 Å². The molecule has 0 atom stereocenters. The first-order valence-corrected chi connectivity index (χ1v) is 6.96. The summed E-state index contributed by atoms with van der Waals surface area (Å²) in [4.78, 5) is 0. The Morgan fingerprint density at radius 1 is 0.929 bits per heavy atom. The minimum absolute atomic E-state index is 0.612. The molecule has 4 aliphatic rings. The third-order valence-corrected chi connectivity index (χ3v) is 6.19. The third kappa shape index (κ3) is 1.10. The first-order chi connectivity index (χ1) is 6.48. The molecule has 0 aromatic carbocycles. The van der Waals surface area contributed by atoms with Crippen LogP contribution < -0.4 is 5.14 Å². The fourth-order valence-corrected chi connectivity index (χ4v) is 5.73. The molecule has 0 aromatic heterocycles. The van der Waals surface area contributed by atoms with Gasteiger partial charge < -0.3 is 0 Å². The van der Waals surface area contributed by atoms with E-state index in [1.54, 1.807) is 0 Å². The van der Waals surface area contributed by atoms with E-state index < -0.39 is 14.8 Å². The predicted octanol–water partition coefficient (Wildman–Crippen LogP) is 1.57. The van der Waals surface area contributed by atoms with Crippen molar-refractivity contribution in [2.75, 3.05) is 0 Å². The van der Waals surface area contributed by atoms with E-state index in [-0.39, 0.29) is 0 Å². The molecule has 3 nitrogen and oxygen atoms in total. The first-order valence-electron chi connectivity index (χ1n) is 5.48. The van der Waals surface area contributed by atoms with Gasteiger partial charge >= 0.3 is 0 Å². The van der Waals surface area contributed by atoms with Crippen LogP contribution in [0.15, 0.2) is 0 Å². The molecular weight excluding hydrogens is 198 g/mol. The van der Waals surface area contributed by atoms with E-state index in [1.807, 2.05) is 0 Å². The third-order valence-electron chi connectivity index (χ3n) is 4.55. The van der Waals surface area contributed by atoms with Crippen LogP contribution >= 0.6 is 0 Å². The minimum atomic E-state index is -3.57. The molecule has 79 valence electrons. The van der Waals surface area contributed by atoms with Crippen LogP contribution in [0, 0.1) is 17.8 Å². The molecule has 0 spiro atoms. The van der Waals surface area contributed by atoms with E-state index >= 15 is 0 Å². The summed E-state index contributed by atoms with van der Waals surface area (Å²) in [6.45, 7) is 0. The second kappa shape index (κ2) is 2.53. The van der Waals surface area contributed by atoms with Crippen molar-refractivity contribution in [1.82, 2.24) is 5.14 Å². The Hall–Kier alpha value is -0.0900. The molecule has 4 fully saturated rings. The zero-order chi connectivity index (χ0) is 9.97. The van der Waals surface area contributed by atoms with Gasteiger partial charge in [0, 0.05) is 0 Å². The Labute approximate surface area is 85.1 Å². The van der Waals surface area contributed by atoms with Gasteiger partial charge in [-0.2, -0.15) is 0 Å². The van der Waals surface area contributed by atoms with E-state index in [4.69, 9.17) is 5.14 Å². The van der Waals surface area contributed by atoms with Crippen LogP contribution in [0.5, 0.6) is 0 Å². The van der Waals surface area contributed by atoms with Crippen LogP contribution in [0.4, 0.5) is 0 Å². The highest BCUT2D eigenvalue weighted by Gasteiger charge is 2.56. The lowest BCUT2D eigenvalue weighted by Gasteiger charge is -2.55. The molecule has 4 rings (SSSR count). The molecule has 0 saturated heterocycles. The molecule has 0 aliphatic heterocycles. The van der Waals surface area contributed by atoms with Gasteiger partial charge in [0.05, 0.1) is 4.75 Å². The second-order valence-electron chi connectivity index (χ2n) is 5.60. The normalized spacial score (nSPS) is 51.1. The SMILES string of the molecule is [NH]S(=O)(=O)C12CC3CC(CC(C3)C1)C2. The van der Waals surface area contributed by atoms with Gasteiger partial charge in [-0.3, -0.25) is 0 Å². The van der Waals surface area contributed by atoms with Gasteiger partial charge in [0.1, 0.15) is 0 Å². The van der Waals surface area contributed by atoms with Gasteiger partial charge in [-0.1, -0.05) is 0 Å². The fraction of sp³-hybridized carbons (Fsp3) is 1.00. The highest BCUT2D eigenvalue weighted by Crippen LogP contribution is 2.58. The van der Waals surface area contributed by atoms with Crippen LogP contribution in [0.25, 0.3) is 0 Å². The maximum absolute atomic E-state index is 11.6. The van der Waals surface area contributed by atoms with Crippen LogP contribution in [0.1, 0.15) is 38.5 Å². The van der Waals surface area contributed by atoms with Crippen LogP contribution in [0.3, 0.4) is 0 Å². The van der Waals surface area contributed by atoms with Gasteiger partial charge in [0.15, 0.2) is 0 Å². The average Bonchev–Trinajstić information content (AvgIpc) is 1.98. The lowest BCUT2D eigenvalue weighted by Crippen LogP contribution is -2.54. The Bertz CT molecular complexity index is 325. The fourth-order valence-electron chi connectivity index (χ4n) is 4.36. The van der Waals surface area contributed by atoms with Gasteiger partial charge in [-0.25, -0.2) is 8.42 Å². The zero-order valence-electron chi connectivity index (χ0n) is 8.20. The van der Waals surface area contributed by atoms with Gasteiger partial charge in [-0.05, 0) is 56.3 Å². The van der Waals surface area contributed by atoms with E-state index in [0.717, 1.165) is 19.3 Å². The van der Waals surface area contributed by atoms with Crippen LogP contribution in [0.2, 0.25) is 0 Å². The van der Waals surface area contributed by atoms with Crippen LogP contribution in [-0.2, 0) is 10.0 Å². The standard InChI is InChI=1S/C10H16NO2S/c11-14(12,13)10-4-7-1-8(5-10)3-9(2-7)6-10/h7-9,11H,1-6H2. The second-order valence-corrected chi connectivity index (χ2v) is 7.48. The van der Waals surface area contributed by atoms with Crippen molar-refractivity contribution in [3.63, 3.8) is 0 Å². The topological polar surface area (TPSA) is 57.9 Å². The number of hydrogen-bond donors (Lipinski definition) is 0. The Morgan fingerprint density at radius 2 is 1.29 bits per heavy atom. The summed E-state index contributed by atoms with van der Waals surface area (Å²) in [5, 5.41) is 7.38. The van der Waals surface area contributed by atoms with Crippen LogP contribution in [-0.4, -0.2) is 13.2 Å².